The molecule has 1 fully saturated rings. The molecular weight excluding hydrogens is 364 g/mol. The number of piperidine rings is 1. The van der Waals surface area contributed by atoms with Crippen LogP contribution in [0.2, 0.25) is 0 Å². The molecule has 0 radical (unpaired) electrons. The van der Waals surface area contributed by atoms with E-state index in [1.54, 1.807) is 29.7 Å². The van der Waals surface area contributed by atoms with Crippen LogP contribution in [-0.2, 0) is 10.0 Å². The molecule has 1 aliphatic rings. The maximum absolute atomic E-state index is 13.1. The molecule has 146 valence electrons. The van der Waals surface area contributed by atoms with Gasteiger partial charge in [-0.3, -0.25) is 0 Å². The van der Waals surface area contributed by atoms with E-state index in [4.69, 9.17) is 9.47 Å². The van der Waals surface area contributed by atoms with Crippen molar-refractivity contribution in [2.75, 3.05) is 20.2 Å². The predicted molar refractivity (Wildman–Crippen MR) is 104 cm³/mol. The lowest BCUT2D eigenvalue weighted by Gasteiger charge is -2.31. The quantitative estimate of drug-likeness (QED) is 0.784. The second-order valence-corrected chi connectivity index (χ2v) is 8.82. The Hall–Kier alpha value is -2.12. The first-order valence-electron chi connectivity index (χ1n) is 9.06. The minimum Gasteiger partial charge on any atom is -0.496 e. The Balaban J connectivity index is 1.69. The number of aryl methyl sites for hydroxylation is 1. The van der Waals surface area contributed by atoms with Crippen molar-refractivity contribution in [2.45, 2.75) is 44.6 Å². The van der Waals surface area contributed by atoms with Crippen LogP contribution in [0.15, 0.2) is 35.4 Å². The number of hydrogen-bond acceptors (Lipinski definition) is 5. The minimum atomic E-state index is -3.54. The number of methoxy groups -OCH3 is 1. The van der Waals surface area contributed by atoms with Gasteiger partial charge in [-0.25, -0.2) is 13.4 Å². The molecule has 3 rings (SSSR count). The molecule has 0 amide bonds. The summed E-state index contributed by atoms with van der Waals surface area (Å²) < 4.78 is 38.9. The summed E-state index contributed by atoms with van der Waals surface area (Å²) in [5.41, 5.74) is 2.66. The van der Waals surface area contributed by atoms with Gasteiger partial charge in [-0.2, -0.15) is 4.31 Å². The maximum Gasteiger partial charge on any atom is 0.243 e. The highest BCUT2D eigenvalue weighted by Crippen LogP contribution is 2.30. The molecule has 1 saturated heterocycles. The Bertz CT molecular complexity index is 902. The van der Waals surface area contributed by atoms with Crippen molar-refractivity contribution in [3.63, 3.8) is 0 Å². The average molecular weight is 391 g/mol. The monoisotopic (exact) mass is 390 g/mol. The summed E-state index contributed by atoms with van der Waals surface area (Å²) in [6, 6.07) is 7.15. The summed E-state index contributed by atoms with van der Waals surface area (Å²) in [6.07, 6.45) is 3.03. The normalized spacial score (nSPS) is 16.3. The second-order valence-electron chi connectivity index (χ2n) is 6.91. The van der Waals surface area contributed by atoms with Crippen LogP contribution in [0.5, 0.6) is 11.6 Å². The first-order chi connectivity index (χ1) is 12.8. The van der Waals surface area contributed by atoms with E-state index in [0.717, 1.165) is 16.7 Å². The van der Waals surface area contributed by atoms with Crippen molar-refractivity contribution in [1.82, 2.24) is 9.29 Å². The lowest BCUT2D eigenvalue weighted by Crippen LogP contribution is -2.42. The molecule has 0 atom stereocenters. The Morgan fingerprint density at radius 3 is 2.33 bits per heavy atom. The zero-order valence-corrected chi connectivity index (χ0v) is 17.0. The number of nitrogens with zero attached hydrogens (tertiary/aromatic N) is 2. The molecule has 0 unspecified atom stereocenters. The molecule has 27 heavy (non-hydrogen) atoms. The fraction of sp³-hybridized carbons (Fsp3) is 0.450. The van der Waals surface area contributed by atoms with Crippen LogP contribution in [0, 0.1) is 20.8 Å². The molecule has 0 bridgehead atoms. The van der Waals surface area contributed by atoms with Crippen LogP contribution >= 0.6 is 0 Å². The Morgan fingerprint density at radius 1 is 1.04 bits per heavy atom. The predicted octanol–water partition coefficient (Wildman–Crippen LogP) is 3.25. The molecule has 2 aromatic rings. The van der Waals surface area contributed by atoms with Crippen molar-refractivity contribution in [3.8, 4) is 11.6 Å². The molecule has 0 saturated carbocycles. The van der Waals surface area contributed by atoms with Crippen LogP contribution in [0.1, 0.15) is 29.5 Å². The summed E-state index contributed by atoms with van der Waals surface area (Å²) in [6.45, 7) is 6.54. The van der Waals surface area contributed by atoms with Gasteiger partial charge in [-0.15, -0.1) is 0 Å². The lowest BCUT2D eigenvalue weighted by molar-refractivity contribution is 0.130. The van der Waals surface area contributed by atoms with Crippen molar-refractivity contribution in [2.24, 2.45) is 0 Å². The highest BCUT2D eigenvalue weighted by Gasteiger charge is 2.31. The highest BCUT2D eigenvalue weighted by molar-refractivity contribution is 7.89. The summed E-state index contributed by atoms with van der Waals surface area (Å²) in [7, 11) is -1.95. The van der Waals surface area contributed by atoms with E-state index >= 15 is 0 Å². The van der Waals surface area contributed by atoms with Crippen molar-refractivity contribution in [3.05, 3.63) is 47.2 Å². The zero-order chi connectivity index (χ0) is 19.6. The number of sulfonamides is 1. The summed E-state index contributed by atoms with van der Waals surface area (Å²) in [4.78, 5) is 4.61. The maximum atomic E-state index is 13.1. The first-order valence-corrected chi connectivity index (χ1v) is 10.5. The molecular formula is C20H26N2O4S. The highest BCUT2D eigenvalue weighted by atomic mass is 32.2. The van der Waals surface area contributed by atoms with Gasteiger partial charge in [0.2, 0.25) is 15.9 Å². The number of ether oxygens (including phenoxy) is 2. The van der Waals surface area contributed by atoms with Gasteiger partial charge in [-0.05, 0) is 62.4 Å². The first kappa shape index (κ1) is 19.6. The van der Waals surface area contributed by atoms with E-state index < -0.39 is 10.0 Å². The van der Waals surface area contributed by atoms with Crippen LogP contribution < -0.4 is 9.47 Å². The van der Waals surface area contributed by atoms with Crippen LogP contribution in [0.25, 0.3) is 0 Å². The lowest BCUT2D eigenvalue weighted by atomic mass is 10.1. The number of hydrogen-bond donors (Lipinski definition) is 0. The van der Waals surface area contributed by atoms with E-state index in [2.05, 4.69) is 4.98 Å². The zero-order valence-electron chi connectivity index (χ0n) is 16.2. The van der Waals surface area contributed by atoms with E-state index in [1.807, 2.05) is 32.9 Å². The number of aromatic nitrogens is 1. The topological polar surface area (TPSA) is 68.7 Å². The molecule has 1 aliphatic heterocycles. The third-order valence-electron chi connectivity index (χ3n) is 5.10. The molecule has 0 aliphatic carbocycles. The van der Waals surface area contributed by atoms with Gasteiger partial charge in [0.25, 0.3) is 0 Å². The molecule has 1 aromatic heterocycles. The summed E-state index contributed by atoms with van der Waals surface area (Å²) >= 11 is 0. The van der Waals surface area contributed by atoms with Gasteiger partial charge in [0.05, 0.1) is 12.0 Å². The fourth-order valence-electron chi connectivity index (χ4n) is 3.30. The van der Waals surface area contributed by atoms with Gasteiger partial charge >= 0.3 is 0 Å². The molecule has 2 heterocycles. The molecule has 6 nitrogen and oxygen atoms in total. The van der Waals surface area contributed by atoms with Crippen molar-refractivity contribution >= 4 is 10.0 Å². The number of rotatable bonds is 5. The Morgan fingerprint density at radius 2 is 1.74 bits per heavy atom. The summed E-state index contributed by atoms with van der Waals surface area (Å²) in [5.74, 6) is 1.28. The van der Waals surface area contributed by atoms with Crippen LogP contribution in [0.3, 0.4) is 0 Å². The van der Waals surface area contributed by atoms with Gasteiger partial charge in [0, 0.05) is 25.4 Å². The van der Waals surface area contributed by atoms with E-state index in [1.165, 1.54) is 0 Å². The molecule has 7 heteroatoms. The van der Waals surface area contributed by atoms with E-state index in [9.17, 15) is 8.42 Å². The standard InChI is InChI=1S/C20H26N2O4S/c1-14-5-8-20(21-13-14)26-17-9-11-22(12-10-17)27(23,24)19-7-6-18(25-4)15(2)16(19)3/h5-8,13,17H,9-12H2,1-4H3. The third-order valence-corrected chi connectivity index (χ3v) is 7.14. The Labute approximate surface area is 161 Å². The fourth-order valence-corrected chi connectivity index (χ4v) is 5.05. The second kappa shape index (κ2) is 7.86. The molecule has 1 aromatic carbocycles. The van der Waals surface area contributed by atoms with E-state index in [0.29, 0.717) is 42.5 Å². The van der Waals surface area contributed by atoms with Gasteiger partial charge < -0.3 is 9.47 Å². The van der Waals surface area contributed by atoms with Crippen molar-refractivity contribution < 1.29 is 17.9 Å². The van der Waals surface area contributed by atoms with Crippen molar-refractivity contribution in [1.29, 1.82) is 0 Å². The third kappa shape index (κ3) is 4.09. The number of pyridine rings is 1. The van der Waals surface area contributed by atoms with E-state index in [-0.39, 0.29) is 6.10 Å². The van der Waals surface area contributed by atoms with Crippen LogP contribution in [-0.4, -0.2) is 44.0 Å². The smallest absolute Gasteiger partial charge is 0.243 e. The summed E-state index contributed by atoms with van der Waals surface area (Å²) in [5, 5.41) is 0. The minimum absolute atomic E-state index is 0.0228. The SMILES string of the molecule is COc1ccc(S(=O)(=O)N2CCC(Oc3ccc(C)cn3)CC2)c(C)c1C. The van der Waals surface area contributed by atoms with Crippen LogP contribution in [0.4, 0.5) is 0 Å². The molecule has 0 N–H and O–H groups in total. The number of benzene rings is 1. The van der Waals surface area contributed by atoms with Gasteiger partial charge in [-0.1, -0.05) is 6.07 Å². The molecule has 0 spiro atoms. The van der Waals surface area contributed by atoms with Gasteiger partial charge in [0.15, 0.2) is 0 Å². The largest absolute Gasteiger partial charge is 0.496 e. The Kier molecular flexibility index (Phi) is 5.72. The van der Waals surface area contributed by atoms with Gasteiger partial charge in [0.1, 0.15) is 11.9 Å². The average Bonchev–Trinajstić information content (AvgIpc) is 2.66.